The summed E-state index contributed by atoms with van der Waals surface area (Å²) >= 11 is 5.52. The summed E-state index contributed by atoms with van der Waals surface area (Å²) in [6.07, 6.45) is 0. The van der Waals surface area contributed by atoms with Crippen molar-refractivity contribution in [3.05, 3.63) is 35.1 Å². The Labute approximate surface area is 164 Å². The molecule has 2 heterocycles. The first kappa shape index (κ1) is 19.7. The molecule has 8 nitrogen and oxygen atoms in total. The summed E-state index contributed by atoms with van der Waals surface area (Å²) in [5.41, 5.74) is 0.711. The van der Waals surface area contributed by atoms with Crippen LogP contribution in [0.5, 0.6) is 0 Å². The van der Waals surface area contributed by atoms with E-state index in [1.165, 1.54) is 0 Å². The van der Waals surface area contributed by atoms with E-state index in [9.17, 15) is 4.79 Å². The number of hydrogen-bond donors (Lipinski definition) is 1. The summed E-state index contributed by atoms with van der Waals surface area (Å²) < 4.78 is 3.99. The molecule has 1 saturated heterocycles. The van der Waals surface area contributed by atoms with Gasteiger partial charge in [-0.25, -0.2) is 4.68 Å². The van der Waals surface area contributed by atoms with Crippen molar-refractivity contribution in [1.82, 2.24) is 34.9 Å². The predicted molar refractivity (Wildman–Crippen MR) is 106 cm³/mol. The maximum atomic E-state index is 12.1. The third-order valence-electron chi connectivity index (χ3n) is 4.32. The van der Waals surface area contributed by atoms with Crippen LogP contribution in [0.2, 0.25) is 0 Å². The molecule has 0 aliphatic carbocycles. The van der Waals surface area contributed by atoms with Crippen LogP contribution in [-0.2, 0) is 11.5 Å². The molecule has 2 aromatic rings. The Hall–Kier alpha value is -2.10. The van der Waals surface area contributed by atoms with E-state index in [0.29, 0.717) is 18.0 Å². The van der Waals surface area contributed by atoms with Gasteiger partial charge in [0.15, 0.2) is 0 Å². The summed E-state index contributed by atoms with van der Waals surface area (Å²) in [6, 6.07) is 9.77. The standard InChI is InChI=1S/C18H27N7OS/c1-18(2,3)19-16(26)13-22-9-11-23(12-10-22)14-24-17(27)25(21-20-24)15-7-5-4-6-8-15/h4-8H,9-14H2,1-3H3,(H,19,26). The predicted octanol–water partition coefficient (Wildman–Crippen LogP) is 1.29. The Bertz CT molecular complexity index is 816. The summed E-state index contributed by atoms with van der Waals surface area (Å²) in [7, 11) is 0. The van der Waals surface area contributed by atoms with Crippen molar-refractivity contribution >= 4 is 18.1 Å². The van der Waals surface area contributed by atoms with E-state index >= 15 is 0 Å². The van der Waals surface area contributed by atoms with Crippen LogP contribution >= 0.6 is 12.2 Å². The molecular formula is C18H27N7OS. The lowest BCUT2D eigenvalue weighted by atomic mass is 10.1. The molecule has 0 atom stereocenters. The number of nitrogens with one attached hydrogen (secondary N) is 1. The topological polar surface area (TPSA) is 71.2 Å². The average molecular weight is 390 g/mol. The van der Waals surface area contributed by atoms with Crippen molar-refractivity contribution in [3.8, 4) is 5.69 Å². The van der Waals surface area contributed by atoms with E-state index in [4.69, 9.17) is 12.2 Å². The highest BCUT2D eigenvalue weighted by Gasteiger charge is 2.21. The summed E-state index contributed by atoms with van der Waals surface area (Å²) in [5.74, 6) is 0.0731. The second-order valence-corrected chi connectivity index (χ2v) is 8.21. The number of hydrogen-bond acceptors (Lipinski definition) is 6. The highest BCUT2D eigenvalue weighted by molar-refractivity contribution is 7.71. The maximum Gasteiger partial charge on any atom is 0.234 e. The molecule has 0 unspecified atom stereocenters. The Morgan fingerprint density at radius 1 is 1.07 bits per heavy atom. The number of rotatable bonds is 5. The van der Waals surface area contributed by atoms with E-state index in [1.807, 2.05) is 51.1 Å². The minimum atomic E-state index is -0.194. The Morgan fingerprint density at radius 2 is 1.70 bits per heavy atom. The zero-order valence-corrected chi connectivity index (χ0v) is 16.9. The van der Waals surface area contributed by atoms with Gasteiger partial charge in [-0.3, -0.25) is 14.6 Å². The van der Waals surface area contributed by atoms with Crippen molar-refractivity contribution in [3.63, 3.8) is 0 Å². The molecule has 0 bridgehead atoms. The molecule has 1 amide bonds. The quantitative estimate of drug-likeness (QED) is 0.777. The Morgan fingerprint density at radius 3 is 2.33 bits per heavy atom. The number of benzene rings is 1. The van der Waals surface area contributed by atoms with Crippen molar-refractivity contribution < 1.29 is 4.79 Å². The molecule has 1 aromatic carbocycles. The summed E-state index contributed by atoms with van der Waals surface area (Å²) in [5, 5.41) is 11.4. The summed E-state index contributed by atoms with van der Waals surface area (Å²) in [6.45, 7) is 10.4. The smallest absolute Gasteiger partial charge is 0.234 e. The van der Waals surface area contributed by atoms with Gasteiger partial charge in [0.2, 0.25) is 10.7 Å². The normalized spacial score (nSPS) is 16.4. The molecule has 3 rings (SSSR count). The van der Waals surface area contributed by atoms with Gasteiger partial charge in [-0.1, -0.05) is 18.2 Å². The molecule has 0 spiro atoms. The van der Waals surface area contributed by atoms with Gasteiger partial charge in [-0.05, 0) is 55.5 Å². The van der Waals surface area contributed by atoms with Gasteiger partial charge >= 0.3 is 0 Å². The first-order valence-electron chi connectivity index (χ1n) is 9.16. The fourth-order valence-electron chi connectivity index (χ4n) is 3.03. The number of amides is 1. The van der Waals surface area contributed by atoms with E-state index in [2.05, 4.69) is 25.5 Å². The average Bonchev–Trinajstić information content (AvgIpc) is 2.96. The molecule has 1 aliphatic rings. The molecule has 0 radical (unpaired) electrons. The number of tetrazole rings is 1. The molecule has 1 fully saturated rings. The third-order valence-corrected chi connectivity index (χ3v) is 4.70. The largest absolute Gasteiger partial charge is 0.350 e. The van der Waals surface area contributed by atoms with E-state index in [-0.39, 0.29) is 11.4 Å². The van der Waals surface area contributed by atoms with Crippen molar-refractivity contribution in [2.24, 2.45) is 0 Å². The van der Waals surface area contributed by atoms with Gasteiger partial charge in [0.1, 0.15) is 0 Å². The lowest BCUT2D eigenvalue weighted by molar-refractivity contribution is -0.124. The lowest BCUT2D eigenvalue weighted by Gasteiger charge is -2.34. The van der Waals surface area contributed by atoms with E-state index in [1.54, 1.807) is 9.36 Å². The number of carbonyl (C=O) groups is 1. The molecule has 146 valence electrons. The molecule has 1 aliphatic heterocycles. The lowest BCUT2D eigenvalue weighted by Crippen LogP contribution is -2.51. The van der Waals surface area contributed by atoms with Gasteiger partial charge in [-0.15, -0.1) is 0 Å². The van der Waals surface area contributed by atoms with Crippen LogP contribution in [0.15, 0.2) is 30.3 Å². The zero-order valence-electron chi connectivity index (χ0n) is 16.1. The van der Waals surface area contributed by atoms with E-state index < -0.39 is 0 Å². The molecule has 1 N–H and O–H groups in total. The Kier molecular flexibility index (Phi) is 6.03. The second-order valence-electron chi connectivity index (χ2n) is 7.84. The third kappa shape index (κ3) is 5.44. The van der Waals surface area contributed by atoms with Crippen LogP contribution < -0.4 is 5.32 Å². The van der Waals surface area contributed by atoms with Gasteiger partial charge in [0.05, 0.1) is 18.9 Å². The highest BCUT2D eigenvalue weighted by atomic mass is 32.1. The van der Waals surface area contributed by atoms with Crippen molar-refractivity contribution in [2.75, 3.05) is 32.7 Å². The fourth-order valence-corrected chi connectivity index (χ4v) is 3.27. The van der Waals surface area contributed by atoms with Crippen LogP contribution in [-0.4, -0.2) is 73.8 Å². The first-order chi connectivity index (χ1) is 12.8. The van der Waals surface area contributed by atoms with Crippen molar-refractivity contribution in [1.29, 1.82) is 0 Å². The van der Waals surface area contributed by atoms with Crippen molar-refractivity contribution in [2.45, 2.75) is 33.0 Å². The second kappa shape index (κ2) is 8.28. The van der Waals surface area contributed by atoms with Gasteiger partial charge < -0.3 is 5.32 Å². The van der Waals surface area contributed by atoms with Crippen LogP contribution in [0, 0.1) is 4.77 Å². The number of carbonyl (C=O) groups excluding carboxylic acids is 1. The van der Waals surface area contributed by atoms with Gasteiger partial charge in [-0.2, -0.15) is 4.68 Å². The molecule has 27 heavy (non-hydrogen) atoms. The van der Waals surface area contributed by atoms with Gasteiger partial charge in [0.25, 0.3) is 0 Å². The number of piperazine rings is 1. The van der Waals surface area contributed by atoms with Gasteiger partial charge in [0, 0.05) is 31.7 Å². The number of aromatic nitrogens is 4. The van der Waals surface area contributed by atoms with Crippen LogP contribution in [0.3, 0.4) is 0 Å². The number of para-hydroxylation sites is 1. The van der Waals surface area contributed by atoms with Crippen LogP contribution in [0.4, 0.5) is 0 Å². The SMILES string of the molecule is CC(C)(C)NC(=O)CN1CCN(Cn2nnn(-c3ccccc3)c2=S)CC1. The first-order valence-corrected chi connectivity index (χ1v) is 9.57. The van der Waals surface area contributed by atoms with Crippen LogP contribution in [0.1, 0.15) is 20.8 Å². The minimum Gasteiger partial charge on any atom is -0.350 e. The van der Waals surface area contributed by atoms with Crippen LogP contribution in [0.25, 0.3) is 5.69 Å². The van der Waals surface area contributed by atoms with E-state index in [0.717, 1.165) is 31.9 Å². The number of nitrogens with zero attached hydrogens (tertiary/aromatic N) is 6. The molecule has 9 heteroatoms. The highest BCUT2D eigenvalue weighted by Crippen LogP contribution is 2.08. The molecule has 0 saturated carbocycles. The molecule has 1 aromatic heterocycles. The maximum absolute atomic E-state index is 12.1. The Balaban J connectivity index is 1.52. The fraction of sp³-hybridized carbons (Fsp3) is 0.556. The zero-order chi connectivity index (χ0) is 19.4. The monoisotopic (exact) mass is 389 g/mol. The molecular weight excluding hydrogens is 362 g/mol. The summed E-state index contributed by atoms with van der Waals surface area (Å²) in [4.78, 5) is 16.5. The minimum absolute atomic E-state index is 0.0731.